The molecule has 1 heterocycles. The first-order valence-electron chi connectivity index (χ1n) is 8.32. The van der Waals surface area contributed by atoms with Crippen molar-refractivity contribution in [1.29, 1.82) is 0 Å². The van der Waals surface area contributed by atoms with E-state index in [1.54, 1.807) is 25.3 Å². The number of amides is 1. The maximum Gasteiger partial charge on any atom is 0.248 e. The van der Waals surface area contributed by atoms with E-state index in [0.29, 0.717) is 21.5 Å². The summed E-state index contributed by atoms with van der Waals surface area (Å²) in [6.45, 7) is 5.78. The van der Waals surface area contributed by atoms with Crippen LogP contribution in [0.15, 0.2) is 40.8 Å². The fourth-order valence-electron chi connectivity index (χ4n) is 2.88. The van der Waals surface area contributed by atoms with Crippen LogP contribution < -0.4 is 10.1 Å². The fourth-order valence-corrected chi connectivity index (χ4v) is 3.22. The number of fused-ring (bicyclic) bond motifs is 1. The summed E-state index contributed by atoms with van der Waals surface area (Å²) in [5, 5.41) is 4.66. The van der Waals surface area contributed by atoms with Crippen LogP contribution in [0.2, 0.25) is 10.0 Å². The minimum absolute atomic E-state index is 0.307. The first-order chi connectivity index (χ1) is 12.8. The number of carbonyl (C=O) groups is 1. The zero-order chi connectivity index (χ0) is 19.7. The molecule has 0 unspecified atom stereocenters. The van der Waals surface area contributed by atoms with Crippen LogP contribution in [0, 0.1) is 13.8 Å². The molecule has 2 aromatic carbocycles. The third-order valence-electron chi connectivity index (χ3n) is 4.46. The molecule has 3 aromatic rings. The number of hydrogen-bond donors (Lipinski definition) is 1. The third kappa shape index (κ3) is 3.97. The van der Waals surface area contributed by atoms with Crippen molar-refractivity contribution in [2.75, 3.05) is 12.4 Å². The van der Waals surface area contributed by atoms with Gasteiger partial charge < -0.3 is 14.5 Å². The number of hydrogen-bond acceptors (Lipinski definition) is 3. The largest absolute Gasteiger partial charge is 0.496 e. The van der Waals surface area contributed by atoms with Crippen LogP contribution >= 0.6 is 23.2 Å². The molecule has 0 saturated carbocycles. The monoisotopic (exact) mass is 403 g/mol. The van der Waals surface area contributed by atoms with E-state index < -0.39 is 0 Å². The van der Waals surface area contributed by atoms with Gasteiger partial charge in [0.05, 0.1) is 17.8 Å². The number of furan rings is 1. The number of aryl methyl sites for hydroxylation is 2. The SMILES string of the molecule is COc1cc2oc(C)c(C)c2cc1/C(C)=C/C(=O)Nc1cc(Cl)ccc1Cl. The lowest BCUT2D eigenvalue weighted by Crippen LogP contribution is -2.09. The predicted octanol–water partition coefficient (Wildman–Crippen LogP) is 6.41. The van der Waals surface area contributed by atoms with Crippen LogP contribution in [-0.4, -0.2) is 13.0 Å². The number of halogens is 2. The minimum Gasteiger partial charge on any atom is -0.496 e. The molecule has 0 atom stereocenters. The lowest BCUT2D eigenvalue weighted by Gasteiger charge is -2.10. The lowest BCUT2D eigenvalue weighted by molar-refractivity contribution is -0.111. The average Bonchev–Trinajstić information content (AvgIpc) is 2.90. The average molecular weight is 404 g/mol. The van der Waals surface area contributed by atoms with E-state index in [0.717, 1.165) is 33.4 Å². The van der Waals surface area contributed by atoms with Gasteiger partial charge in [0.1, 0.15) is 17.1 Å². The Bertz CT molecular complexity index is 1070. The molecule has 0 aliphatic heterocycles. The maximum absolute atomic E-state index is 12.4. The fraction of sp³-hybridized carbons (Fsp3) is 0.190. The Labute approximate surface area is 167 Å². The maximum atomic E-state index is 12.4. The zero-order valence-electron chi connectivity index (χ0n) is 15.4. The van der Waals surface area contributed by atoms with E-state index in [4.69, 9.17) is 32.4 Å². The van der Waals surface area contributed by atoms with Crippen LogP contribution in [-0.2, 0) is 4.79 Å². The molecule has 0 spiro atoms. The quantitative estimate of drug-likeness (QED) is 0.512. The summed E-state index contributed by atoms with van der Waals surface area (Å²) in [5.41, 5.74) is 3.86. The van der Waals surface area contributed by atoms with Gasteiger partial charge in [0, 0.05) is 28.1 Å². The first-order valence-corrected chi connectivity index (χ1v) is 9.08. The third-order valence-corrected chi connectivity index (χ3v) is 5.02. The Hall–Kier alpha value is -2.43. The summed E-state index contributed by atoms with van der Waals surface area (Å²) < 4.78 is 11.2. The molecule has 140 valence electrons. The number of ether oxygens (including phenoxy) is 1. The second-order valence-corrected chi connectivity index (χ2v) is 7.12. The van der Waals surface area contributed by atoms with Gasteiger partial charge in [-0.3, -0.25) is 4.79 Å². The van der Waals surface area contributed by atoms with Crippen molar-refractivity contribution in [3.8, 4) is 5.75 Å². The lowest BCUT2D eigenvalue weighted by atomic mass is 10.0. The molecule has 1 N–H and O–H groups in total. The van der Waals surface area contributed by atoms with Crippen molar-refractivity contribution in [2.45, 2.75) is 20.8 Å². The number of benzene rings is 2. The predicted molar refractivity (Wildman–Crippen MR) is 111 cm³/mol. The standard InChI is InChI=1S/C21H19Cl2NO3/c1-11(7-21(25)24-18-8-14(22)5-6-17(18)23)15-9-16-12(2)13(3)27-20(16)10-19(15)26-4/h5-10H,1-4H3,(H,24,25)/b11-7+. The van der Waals surface area contributed by atoms with Crippen molar-refractivity contribution >= 4 is 51.3 Å². The van der Waals surface area contributed by atoms with Crippen LogP contribution in [0.25, 0.3) is 16.5 Å². The molecule has 0 radical (unpaired) electrons. The minimum atomic E-state index is -0.307. The molecule has 0 saturated heterocycles. The number of anilines is 1. The smallest absolute Gasteiger partial charge is 0.248 e. The van der Waals surface area contributed by atoms with Crippen molar-refractivity contribution in [1.82, 2.24) is 0 Å². The molecule has 4 nitrogen and oxygen atoms in total. The molecular formula is C21H19Cl2NO3. The summed E-state index contributed by atoms with van der Waals surface area (Å²) in [6.07, 6.45) is 1.50. The molecule has 0 bridgehead atoms. The molecule has 0 fully saturated rings. The van der Waals surface area contributed by atoms with Gasteiger partial charge >= 0.3 is 0 Å². The highest BCUT2D eigenvalue weighted by atomic mass is 35.5. The molecule has 6 heteroatoms. The second-order valence-electron chi connectivity index (χ2n) is 6.27. The number of nitrogens with one attached hydrogen (secondary N) is 1. The molecule has 0 aliphatic rings. The van der Waals surface area contributed by atoms with Gasteiger partial charge in [-0.1, -0.05) is 23.2 Å². The molecule has 3 rings (SSSR count). The summed E-state index contributed by atoms with van der Waals surface area (Å²) in [7, 11) is 1.59. The van der Waals surface area contributed by atoms with Crippen molar-refractivity contribution in [3.63, 3.8) is 0 Å². The van der Waals surface area contributed by atoms with E-state index >= 15 is 0 Å². The van der Waals surface area contributed by atoms with Crippen molar-refractivity contribution in [2.24, 2.45) is 0 Å². The Morgan fingerprint density at radius 2 is 1.93 bits per heavy atom. The summed E-state index contributed by atoms with van der Waals surface area (Å²) in [4.78, 5) is 12.4. The number of allylic oxidation sites excluding steroid dienone is 1. The molecule has 1 aromatic heterocycles. The highest BCUT2D eigenvalue weighted by Gasteiger charge is 2.14. The second kappa shape index (κ2) is 7.67. The Morgan fingerprint density at radius 1 is 1.19 bits per heavy atom. The van der Waals surface area contributed by atoms with Crippen molar-refractivity contribution in [3.05, 3.63) is 63.3 Å². The highest BCUT2D eigenvalue weighted by Crippen LogP contribution is 2.35. The van der Waals surface area contributed by atoms with E-state index in [1.807, 2.05) is 32.9 Å². The number of rotatable bonds is 4. The first kappa shape index (κ1) is 19.3. The zero-order valence-corrected chi connectivity index (χ0v) is 17.0. The topological polar surface area (TPSA) is 51.5 Å². The van der Waals surface area contributed by atoms with Crippen LogP contribution in [0.5, 0.6) is 5.75 Å². The van der Waals surface area contributed by atoms with Gasteiger partial charge in [0.15, 0.2) is 0 Å². The summed E-state index contributed by atoms with van der Waals surface area (Å²) in [6, 6.07) is 8.72. The highest BCUT2D eigenvalue weighted by molar-refractivity contribution is 6.35. The Balaban J connectivity index is 1.96. The molecule has 1 amide bonds. The number of methoxy groups -OCH3 is 1. The van der Waals surface area contributed by atoms with E-state index in [9.17, 15) is 4.79 Å². The van der Waals surface area contributed by atoms with Crippen LogP contribution in [0.3, 0.4) is 0 Å². The van der Waals surface area contributed by atoms with Gasteiger partial charge in [-0.25, -0.2) is 0 Å². The summed E-state index contributed by atoms with van der Waals surface area (Å²) in [5.74, 6) is 1.19. The van der Waals surface area contributed by atoms with Gasteiger partial charge in [0.25, 0.3) is 0 Å². The Kier molecular flexibility index (Phi) is 5.49. The molecule has 27 heavy (non-hydrogen) atoms. The van der Waals surface area contributed by atoms with Gasteiger partial charge in [-0.05, 0) is 56.2 Å². The van der Waals surface area contributed by atoms with E-state index in [1.165, 1.54) is 6.08 Å². The normalized spacial score (nSPS) is 11.7. The van der Waals surface area contributed by atoms with Gasteiger partial charge in [0.2, 0.25) is 5.91 Å². The number of carbonyl (C=O) groups excluding carboxylic acids is 1. The van der Waals surface area contributed by atoms with Crippen molar-refractivity contribution < 1.29 is 13.9 Å². The molecular weight excluding hydrogens is 385 g/mol. The van der Waals surface area contributed by atoms with Gasteiger partial charge in [-0.2, -0.15) is 0 Å². The van der Waals surface area contributed by atoms with E-state index in [-0.39, 0.29) is 5.91 Å². The van der Waals surface area contributed by atoms with E-state index in [2.05, 4.69) is 5.32 Å². The van der Waals surface area contributed by atoms with Crippen LogP contribution in [0.1, 0.15) is 23.8 Å². The summed E-state index contributed by atoms with van der Waals surface area (Å²) >= 11 is 12.1. The van der Waals surface area contributed by atoms with Gasteiger partial charge in [-0.15, -0.1) is 0 Å². The molecule has 0 aliphatic carbocycles. The Morgan fingerprint density at radius 3 is 2.63 bits per heavy atom. The van der Waals surface area contributed by atoms with Crippen LogP contribution in [0.4, 0.5) is 5.69 Å².